The molecule has 0 saturated carbocycles. The Kier molecular flexibility index (Phi) is 6.94. The first-order valence-electron chi connectivity index (χ1n) is 7.45. The number of esters is 1. The van der Waals surface area contributed by atoms with Crippen LogP contribution in [0.1, 0.15) is 74.1 Å². The van der Waals surface area contributed by atoms with Crippen LogP contribution in [0.25, 0.3) is 0 Å². The van der Waals surface area contributed by atoms with Crippen molar-refractivity contribution in [3.05, 3.63) is 0 Å². The lowest BCUT2D eigenvalue weighted by Crippen LogP contribution is -2.46. The van der Waals surface area contributed by atoms with Crippen LogP contribution in [0.4, 0.5) is 0 Å². The molecule has 2 heteroatoms. The lowest BCUT2D eigenvalue weighted by molar-refractivity contribution is -0.166. The smallest absolute Gasteiger partial charge is 0.312 e. The van der Waals surface area contributed by atoms with Crippen molar-refractivity contribution in [3.63, 3.8) is 0 Å². The standard InChI is InChI=1S/C16H32O2/c1-8-11-12-18-14(17)16(7,10-3)15(5,6)13(4)9-2/h13H,8-12H2,1-7H3. The number of hydrogen-bond donors (Lipinski definition) is 0. The van der Waals surface area contributed by atoms with Gasteiger partial charge in [-0.25, -0.2) is 0 Å². The summed E-state index contributed by atoms with van der Waals surface area (Å²) in [6.07, 6.45) is 3.93. The van der Waals surface area contributed by atoms with Gasteiger partial charge in [0, 0.05) is 0 Å². The Hall–Kier alpha value is -0.530. The van der Waals surface area contributed by atoms with Crippen LogP contribution in [-0.4, -0.2) is 12.6 Å². The van der Waals surface area contributed by atoms with E-state index in [0.29, 0.717) is 12.5 Å². The molecule has 0 N–H and O–H groups in total. The predicted molar refractivity (Wildman–Crippen MR) is 77.5 cm³/mol. The van der Waals surface area contributed by atoms with Crippen LogP contribution in [0.3, 0.4) is 0 Å². The lowest BCUT2D eigenvalue weighted by Gasteiger charge is -2.45. The van der Waals surface area contributed by atoms with Gasteiger partial charge in [0.05, 0.1) is 12.0 Å². The quantitative estimate of drug-likeness (QED) is 0.460. The van der Waals surface area contributed by atoms with Crippen molar-refractivity contribution >= 4 is 5.97 Å². The van der Waals surface area contributed by atoms with Gasteiger partial charge in [-0.1, -0.05) is 54.4 Å². The van der Waals surface area contributed by atoms with Crippen LogP contribution >= 0.6 is 0 Å². The number of unbranched alkanes of at least 4 members (excludes halogenated alkanes) is 1. The Morgan fingerprint density at radius 2 is 1.72 bits per heavy atom. The monoisotopic (exact) mass is 256 g/mol. The predicted octanol–water partition coefficient (Wildman–Crippen LogP) is 4.82. The molecule has 2 unspecified atom stereocenters. The number of rotatable bonds is 8. The molecule has 0 aliphatic carbocycles. The van der Waals surface area contributed by atoms with Crippen molar-refractivity contribution < 1.29 is 9.53 Å². The summed E-state index contributed by atoms with van der Waals surface area (Å²) in [5, 5.41) is 0. The Morgan fingerprint density at radius 3 is 2.11 bits per heavy atom. The van der Waals surface area contributed by atoms with E-state index in [1.165, 1.54) is 0 Å². The summed E-state index contributed by atoms with van der Waals surface area (Å²) in [4.78, 5) is 12.4. The van der Waals surface area contributed by atoms with Crippen LogP contribution < -0.4 is 0 Å². The number of ether oxygens (including phenoxy) is 1. The molecule has 0 saturated heterocycles. The van der Waals surface area contributed by atoms with Crippen LogP contribution in [0.15, 0.2) is 0 Å². The van der Waals surface area contributed by atoms with E-state index in [9.17, 15) is 4.79 Å². The highest BCUT2D eigenvalue weighted by molar-refractivity contribution is 5.77. The third kappa shape index (κ3) is 3.49. The molecular weight excluding hydrogens is 224 g/mol. The van der Waals surface area contributed by atoms with Crippen molar-refractivity contribution in [2.24, 2.45) is 16.7 Å². The molecule has 18 heavy (non-hydrogen) atoms. The molecule has 0 bridgehead atoms. The van der Waals surface area contributed by atoms with Crippen LogP contribution in [0.5, 0.6) is 0 Å². The highest BCUT2D eigenvalue weighted by Gasteiger charge is 2.49. The second kappa shape index (κ2) is 7.16. The minimum absolute atomic E-state index is 0.0243. The molecule has 0 aliphatic rings. The van der Waals surface area contributed by atoms with Gasteiger partial charge < -0.3 is 4.74 Å². The van der Waals surface area contributed by atoms with Gasteiger partial charge in [-0.15, -0.1) is 0 Å². The largest absolute Gasteiger partial charge is 0.465 e. The van der Waals surface area contributed by atoms with Gasteiger partial charge >= 0.3 is 5.97 Å². The summed E-state index contributed by atoms with van der Waals surface area (Å²) in [6, 6.07) is 0. The van der Waals surface area contributed by atoms with E-state index >= 15 is 0 Å². The molecule has 0 amide bonds. The Bertz CT molecular complexity index is 258. The summed E-state index contributed by atoms with van der Waals surface area (Å²) < 4.78 is 5.48. The summed E-state index contributed by atoms with van der Waals surface area (Å²) in [5.41, 5.74) is -0.435. The third-order valence-corrected chi connectivity index (χ3v) is 5.16. The van der Waals surface area contributed by atoms with E-state index in [4.69, 9.17) is 4.74 Å². The van der Waals surface area contributed by atoms with Crippen molar-refractivity contribution in [2.45, 2.75) is 74.1 Å². The molecule has 0 aromatic carbocycles. The highest BCUT2D eigenvalue weighted by atomic mass is 16.5. The molecule has 2 nitrogen and oxygen atoms in total. The highest BCUT2D eigenvalue weighted by Crippen LogP contribution is 2.48. The molecule has 0 rings (SSSR count). The van der Waals surface area contributed by atoms with Gasteiger partial charge in [-0.3, -0.25) is 4.79 Å². The van der Waals surface area contributed by atoms with E-state index in [0.717, 1.165) is 25.7 Å². The first-order chi connectivity index (χ1) is 8.27. The van der Waals surface area contributed by atoms with Gasteiger partial charge in [0.25, 0.3) is 0 Å². The van der Waals surface area contributed by atoms with Crippen molar-refractivity contribution in [1.82, 2.24) is 0 Å². The first-order valence-corrected chi connectivity index (χ1v) is 7.45. The molecule has 0 aromatic heterocycles. The van der Waals surface area contributed by atoms with Crippen molar-refractivity contribution in [2.75, 3.05) is 6.61 Å². The average Bonchev–Trinajstić information content (AvgIpc) is 2.36. The number of carbonyl (C=O) groups excluding carboxylic acids is 1. The fourth-order valence-corrected chi connectivity index (χ4v) is 2.39. The fourth-order valence-electron chi connectivity index (χ4n) is 2.39. The van der Waals surface area contributed by atoms with E-state index in [1.54, 1.807) is 0 Å². The summed E-state index contributed by atoms with van der Waals surface area (Å²) in [7, 11) is 0. The maximum absolute atomic E-state index is 12.4. The van der Waals surface area contributed by atoms with Gasteiger partial charge in [-0.05, 0) is 31.1 Å². The van der Waals surface area contributed by atoms with Crippen molar-refractivity contribution in [3.8, 4) is 0 Å². The number of carbonyl (C=O) groups is 1. The van der Waals surface area contributed by atoms with Gasteiger partial charge in [0.2, 0.25) is 0 Å². The molecule has 0 aliphatic heterocycles. The van der Waals surface area contributed by atoms with Gasteiger partial charge in [-0.2, -0.15) is 0 Å². The summed E-state index contributed by atoms with van der Waals surface area (Å²) >= 11 is 0. The van der Waals surface area contributed by atoms with Crippen LogP contribution in [0.2, 0.25) is 0 Å². The lowest BCUT2D eigenvalue weighted by atomic mass is 9.59. The zero-order valence-electron chi connectivity index (χ0n) is 13.4. The molecule has 0 aromatic rings. The van der Waals surface area contributed by atoms with Crippen LogP contribution in [-0.2, 0) is 9.53 Å². The minimum atomic E-state index is -0.393. The minimum Gasteiger partial charge on any atom is -0.465 e. The molecule has 2 atom stereocenters. The zero-order chi connectivity index (χ0) is 14.4. The maximum Gasteiger partial charge on any atom is 0.312 e. The molecule has 0 spiro atoms. The normalized spacial score (nSPS) is 17.1. The molecule has 0 heterocycles. The van der Waals surface area contributed by atoms with Gasteiger partial charge in [0.15, 0.2) is 0 Å². The molecular formula is C16H32O2. The average molecular weight is 256 g/mol. The van der Waals surface area contributed by atoms with Gasteiger partial charge in [0.1, 0.15) is 0 Å². The number of hydrogen-bond acceptors (Lipinski definition) is 2. The van der Waals surface area contributed by atoms with E-state index < -0.39 is 5.41 Å². The summed E-state index contributed by atoms with van der Waals surface area (Å²) in [5.74, 6) is 0.477. The fraction of sp³-hybridized carbons (Fsp3) is 0.938. The van der Waals surface area contributed by atoms with E-state index in [2.05, 4.69) is 48.5 Å². The second-order valence-corrected chi connectivity index (χ2v) is 6.21. The first kappa shape index (κ1) is 17.5. The van der Waals surface area contributed by atoms with E-state index in [-0.39, 0.29) is 11.4 Å². The van der Waals surface area contributed by atoms with Crippen LogP contribution in [0, 0.1) is 16.7 Å². The molecule has 0 radical (unpaired) electrons. The zero-order valence-corrected chi connectivity index (χ0v) is 13.4. The van der Waals surface area contributed by atoms with E-state index in [1.807, 2.05) is 0 Å². The summed E-state index contributed by atoms with van der Waals surface area (Å²) in [6.45, 7) is 15.6. The Morgan fingerprint density at radius 1 is 1.17 bits per heavy atom. The molecule has 108 valence electrons. The second-order valence-electron chi connectivity index (χ2n) is 6.21. The molecule has 0 fully saturated rings. The topological polar surface area (TPSA) is 26.3 Å². The van der Waals surface area contributed by atoms with Crippen molar-refractivity contribution in [1.29, 1.82) is 0 Å². The maximum atomic E-state index is 12.4. The third-order valence-electron chi connectivity index (χ3n) is 5.16. The Balaban J connectivity index is 4.93. The SMILES string of the molecule is CCCCOC(=O)C(C)(CC)C(C)(C)C(C)CC. The Labute approximate surface area is 113 Å².